The molecule has 23 heavy (non-hydrogen) atoms. The lowest BCUT2D eigenvalue weighted by Crippen LogP contribution is -2.33. The van der Waals surface area contributed by atoms with Gasteiger partial charge >= 0.3 is 0 Å². The van der Waals surface area contributed by atoms with Crippen molar-refractivity contribution < 1.29 is 10.2 Å². The number of aromatic hydroxyl groups is 1. The number of phenolic OH excluding ortho intramolecular Hbond substituents is 1. The average molecular weight is 344 g/mol. The Kier molecular flexibility index (Phi) is 6.77. The Hall–Kier alpha value is -0.770. The van der Waals surface area contributed by atoms with Crippen LogP contribution in [0.4, 0.5) is 0 Å². The Morgan fingerprint density at radius 2 is 1.43 bits per heavy atom. The lowest BCUT2D eigenvalue weighted by Gasteiger charge is -2.34. The number of hydrogen-bond acceptors (Lipinski definition) is 3. The summed E-state index contributed by atoms with van der Waals surface area (Å²) in [4.78, 5) is 0. The summed E-state index contributed by atoms with van der Waals surface area (Å²) in [6, 6.07) is 3.64. The van der Waals surface area contributed by atoms with Crippen molar-refractivity contribution in [3.63, 3.8) is 0 Å². The van der Waals surface area contributed by atoms with Crippen molar-refractivity contribution in [3.05, 3.63) is 28.8 Å². The molecule has 1 aromatic carbocycles. The molecule has 0 spiro atoms. The standard InChI is InChI=1S/C19H33NO2.ClH/c1-17(2,3)12-9-13(16(20)19(7,8)11-21)15(22)14(10-12)18(4,5)6;/h9-10,16,21-22H,11,20H2,1-8H3;1H/t16-;/m1./s1. The minimum absolute atomic E-state index is 0. The van der Waals surface area contributed by atoms with Gasteiger partial charge in [0.25, 0.3) is 0 Å². The molecule has 0 aliphatic carbocycles. The molecule has 0 heterocycles. The summed E-state index contributed by atoms with van der Waals surface area (Å²) in [5.74, 6) is 0.259. The van der Waals surface area contributed by atoms with E-state index in [1.54, 1.807) is 0 Å². The lowest BCUT2D eigenvalue weighted by atomic mass is 9.74. The van der Waals surface area contributed by atoms with Crippen molar-refractivity contribution >= 4 is 12.4 Å². The van der Waals surface area contributed by atoms with Crippen LogP contribution < -0.4 is 5.73 Å². The Labute approximate surface area is 147 Å². The molecule has 0 radical (unpaired) electrons. The third-order valence-electron chi connectivity index (χ3n) is 4.40. The molecule has 0 amide bonds. The smallest absolute Gasteiger partial charge is 0.124 e. The summed E-state index contributed by atoms with van der Waals surface area (Å²) in [6.45, 7) is 16.5. The van der Waals surface area contributed by atoms with Gasteiger partial charge in [0.2, 0.25) is 0 Å². The fourth-order valence-corrected chi connectivity index (χ4v) is 2.42. The highest BCUT2D eigenvalue weighted by atomic mass is 35.5. The third kappa shape index (κ3) is 4.85. The molecule has 0 aliphatic rings. The van der Waals surface area contributed by atoms with Crippen molar-refractivity contribution in [3.8, 4) is 5.75 Å². The summed E-state index contributed by atoms with van der Waals surface area (Å²) in [5, 5.41) is 20.4. The average Bonchev–Trinajstić information content (AvgIpc) is 2.35. The number of aliphatic hydroxyl groups excluding tert-OH is 1. The van der Waals surface area contributed by atoms with E-state index in [4.69, 9.17) is 5.73 Å². The van der Waals surface area contributed by atoms with Gasteiger partial charge in [-0.3, -0.25) is 0 Å². The van der Waals surface area contributed by atoms with Crippen molar-refractivity contribution in [1.29, 1.82) is 0 Å². The van der Waals surface area contributed by atoms with E-state index in [0.717, 1.165) is 16.7 Å². The Morgan fingerprint density at radius 3 is 1.78 bits per heavy atom. The van der Waals surface area contributed by atoms with Gasteiger partial charge in [0, 0.05) is 23.6 Å². The number of rotatable bonds is 3. The van der Waals surface area contributed by atoms with E-state index in [9.17, 15) is 10.2 Å². The van der Waals surface area contributed by atoms with Gasteiger partial charge < -0.3 is 15.9 Å². The first-order valence-corrected chi connectivity index (χ1v) is 7.96. The van der Waals surface area contributed by atoms with E-state index in [-0.39, 0.29) is 35.6 Å². The van der Waals surface area contributed by atoms with Crippen LogP contribution >= 0.6 is 12.4 Å². The Balaban J connectivity index is 0.00000484. The minimum Gasteiger partial charge on any atom is -0.507 e. The second kappa shape index (κ2) is 7.00. The summed E-state index contributed by atoms with van der Waals surface area (Å²) in [6.07, 6.45) is 0. The first kappa shape index (κ1) is 22.2. The van der Waals surface area contributed by atoms with E-state index in [0.29, 0.717) is 0 Å². The van der Waals surface area contributed by atoms with Crippen LogP contribution in [0.2, 0.25) is 0 Å². The first-order chi connectivity index (χ1) is 9.71. The first-order valence-electron chi connectivity index (χ1n) is 7.96. The molecule has 0 saturated carbocycles. The molecule has 4 heteroatoms. The van der Waals surface area contributed by atoms with Gasteiger partial charge in [-0.2, -0.15) is 0 Å². The minimum atomic E-state index is -0.497. The maximum absolute atomic E-state index is 10.8. The molecule has 1 atom stereocenters. The van der Waals surface area contributed by atoms with Gasteiger partial charge in [-0.05, 0) is 28.0 Å². The molecule has 3 nitrogen and oxygen atoms in total. The zero-order chi connectivity index (χ0) is 17.5. The Morgan fingerprint density at radius 1 is 0.957 bits per heavy atom. The van der Waals surface area contributed by atoms with Gasteiger partial charge in [0.1, 0.15) is 5.75 Å². The van der Waals surface area contributed by atoms with Crippen LogP contribution in [0.1, 0.15) is 78.1 Å². The van der Waals surface area contributed by atoms with Crippen LogP contribution in [0.5, 0.6) is 5.75 Å². The summed E-state index contributed by atoms with van der Waals surface area (Å²) < 4.78 is 0. The maximum atomic E-state index is 10.8. The zero-order valence-corrected chi connectivity index (χ0v) is 16.6. The molecule has 1 rings (SSSR count). The quantitative estimate of drug-likeness (QED) is 0.760. The van der Waals surface area contributed by atoms with Crippen molar-refractivity contribution in [1.82, 2.24) is 0 Å². The monoisotopic (exact) mass is 343 g/mol. The van der Waals surface area contributed by atoms with E-state index in [1.807, 2.05) is 19.9 Å². The molecule has 0 saturated heterocycles. The number of nitrogens with two attached hydrogens (primary N) is 1. The zero-order valence-electron chi connectivity index (χ0n) is 15.8. The van der Waals surface area contributed by atoms with E-state index < -0.39 is 11.5 Å². The van der Waals surface area contributed by atoms with Gasteiger partial charge in [0.15, 0.2) is 0 Å². The highest BCUT2D eigenvalue weighted by Gasteiger charge is 2.33. The molecule has 0 bridgehead atoms. The molecule has 0 unspecified atom stereocenters. The van der Waals surface area contributed by atoms with E-state index in [1.165, 1.54) is 0 Å². The molecular formula is C19H34ClNO2. The summed E-state index contributed by atoms with van der Waals surface area (Å²) in [7, 11) is 0. The highest BCUT2D eigenvalue weighted by Crippen LogP contribution is 2.43. The predicted molar refractivity (Wildman–Crippen MR) is 101 cm³/mol. The Bertz CT molecular complexity index is 540. The molecule has 0 aromatic heterocycles. The molecule has 4 N–H and O–H groups in total. The second-order valence-corrected chi connectivity index (χ2v) is 9.09. The van der Waals surface area contributed by atoms with E-state index >= 15 is 0 Å². The van der Waals surface area contributed by atoms with Gasteiger partial charge in [-0.15, -0.1) is 12.4 Å². The maximum Gasteiger partial charge on any atom is 0.124 e. The summed E-state index contributed by atoms with van der Waals surface area (Å²) in [5.41, 5.74) is 8.45. The van der Waals surface area contributed by atoms with E-state index in [2.05, 4.69) is 47.6 Å². The van der Waals surface area contributed by atoms with Crippen molar-refractivity contribution in [2.24, 2.45) is 11.1 Å². The van der Waals surface area contributed by atoms with Crippen LogP contribution in [-0.2, 0) is 10.8 Å². The normalized spacial score (nSPS) is 14.3. The number of phenols is 1. The highest BCUT2D eigenvalue weighted by molar-refractivity contribution is 5.85. The second-order valence-electron chi connectivity index (χ2n) is 9.09. The molecular weight excluding hydrogens is 310 g/mol. The SMILES string of the molecule is CC(C)(C)c1cc([C@@H](N)C(C)(C)CO)c(O)c(C(C)(C)C)c1.Cl. The third-order valence-corrected chi connectivity index (χ3v) is 4.40. The number of aliphatic hydroxyl groups is 1. The van der Waals surface area contributed by atoms with Crippen LogP contribution in [0.25, 0.3) is 0 Å². The fourth-order valence-electron chi connectivity index (χ4n) is 2.42. The molecule has 0 aliphatic heterocycles. The van der Waals surface area contributed by atoms with Crippen LogP contribution in [0.15, 0.2) is 12.1 Å². The van der Waals surface area contributed by atoms with Crippen molar-refractivity contribution in [2.75, 3.05) is 6.61 Å². The summed E-state index contributed by atoms with van der Waals surface area (Å²) >= 11 is 0. The molecule has 1 aromatic rings. The topological polar surface area (TPSA) is 66.5 Å². The largest absolute Gasteiger partial charge is 0.507 e. The van der Waals surface area contributed by atoms with Gasteiger partial charge in [-0.25, -0.2) is 0 Å². The fraction of sp³-hybridized carbons (Fsp3) is 0.684. The number of halogens is 1. The van der Waals surface area contributed by atoms with Crippen molar-refractivity contribution in [2.45, 2.75) is 72.3 Å². The molecule has 134 valence electrons. The number of hydrogen-bond donors (Lipinski definition) is 3. The van der Waals surface area contributed by atoms with Crippen LogP contribution in [0.3, 0.4) is 0 Å². The lowest BCUT2D eigenvalue weighted by molar-refractivity contribution is 0.131. The van der Waals surface area contributed by atoms with Crippen LogP contribution in [-0.4, -0.2) is 16.8 Å². The number of benzene rings is 1. The van der Waals surface area contributed by atoms with Gasteiger partial charge in [0.05, 0.1) is 0 Å². The van der Waals surface area contributed by atoms with Crippen LogP contribution in [0, 0.1) is 5.41 Å². The predicted octanol–water partition coefficient (Wildman–Crippen LogP) is 4.43. The van der Waals surface area contributed by atoms with Gasteiger partial charge in [-0.1, -0.05) is 61.5 Å². The molecule has 0 fully saturated rings.